The minimum absolute atomic E-state index is 0.391. The van der Waals surface area contributed by atoms with Crippen molar-refractivity contribution in [2.24, 2.45) is 5.92 Å². The number of fused-ring (bicyclic) bond motifs is 1. The van der Waals surface area contributed by atoms with Crippen LogP contribution < -0.4 is 0 Å². The first-order valence-corrected chi connectivity index (χ1v) is 7.12. The first kappa shape index (κ1) is 12.7. The van der Waals surface area contributed by atoms with Gasteiger partial charge in [0.1, 0.15) is 0 Å². The summed E-state index contributed by atoms with van der Waals surface area (Å²) in [6.45, 7) is 1.50. The molecule has 1 aromatic carbocycles. The lowest BCUT2D eigenvalue weighted by Gasteiger charge is -2.37. The molecule has 0 radical (unpaired) electrons. The van der Waals surface area contributed by atoms with Gasteiger partial charge in [0.2, 0.25) is 0 Å². The lowest BCUT2D eigenvalue weighted by molar-refractivity contribution is -0.145. The third-order valence-corrected chi connectivity index (χ3v) is 4.65. The fourth-order valence-corrected chi connectivity index (χ4v) is 3.68. The second kappa shape index (κ2) is 4.97. The van der Waals surface area contributed by atoms with Gasteiger partial charge >= 0.3 is 5.97 Å². The molecular formula is C16H20O3. The Morgan fingerprint density at radius 3 is 3.00 bits per heavy atom. The molecule has 3 rings (SSSR count). The Hall–Kier alpha value is -1.35. The van der Waals surface area contributed by atoms with Gasteiger partial charge < -0.3 is 9.84 Å². The maximum Gasteiger partial charge on any atom is 0.314 e. The van der Waals surface area contributed by atoms with Crippen molar-refractivity contribution in [1.82, 2.24) is 0 Å². The number of ether oxygens (including phenoxy) is 1. The van der Waals surface area contributed by atoms with Crippen molar-refractivity contribution in [3.05, 3.63) is 35.4 Å². The molecule has 2 aliphatic rings. The summed E-state index contributed by atoms with van der Waals surface area (Å²) in [7, 11) is 0. The van der Waals surface area contributed by atoms with Gasteiger partial charge in [-0.05, 0) is 49.1 Å². The molecule has 0 spiro atoms. The minimum Gasteiger partial charge on any atom is -0.481 e. The van der Waals surface area contributed by atoms with Gasteiger partial charge in [-0.25, -0.2) is 0 Å². The van der Waals surface area contributed by atoms with Crippen molar-refractivity contribution in [3.8, 4) is 0 Å². The van der Waals surface area contributed by atoms with Gasteiger partial charge in [0.15, 0.2) is 0 Å². The summed E-state index contributed by atoms with van der Waals surface area (Å²) >= 11 is 0. The van der Waals surface area contributed by atoms with Crippen LogP contribution in [0.3, 0.4) is 0 Å². The van der Waals surface area contributed by atoms with Crippen LogP contribution >= 0.6 is 0 Å². The number of aryl methyl sites for hydroxylation is 1. The van der Waals surface area contributed by atoms with Crippen molar-refractivity contribution in [3.63, 3.8) is 0 Å². The largest absolute Gasteiger partial charge is 0.481 e. The molecular weight excluding hydrogens is 240 g/mol. The van der Waals surface area contributed by atoms with Crippen LogP contribution in [0.4, 0.5) is 0 Å². The Morgan fingerprint density at radius 1 is 1.42 bits per heavy atom. The van der Waals surface area contributed by atoms with Crippen LogP contribution in [0.15, 0.2) is 24.3 Å². The van der Waals surface area contributed by atoms with Crippen LogP contribution in [0.5, 0.6) is 0 Å². The van der Waals surface area contributed by atoms with Crippen molar-refractivity contribution in [2.75, 3.05) is 13.2 Å². The average Bonchev–Trinajstić information content (AvgIpc) is 2.91. The third kappa shape index (κ3) is 2.16. The molecule has 3 nitrogen and oxygen atoms in total. The van der Waals surface area contributed by atoms with Crippen molar-refractivity contribution in [2.45, 2.75) is 37.5 Å². The van der Waals surface area contributed by atoms with Crippen molar-refractivity contribution >= 4 is 5.97 Å². The number of carboxylic acids is 1. The van der Waals surface area contributed by atoms with Crippen LogP contribution in [0.25, 0.3) is 0 Å². The average molecular weight is 260 g/mol. The Labute approximate surface area is 113 Å². The van der Waals surface area contributed by atoms with Crippen LogP contribution in [0.1, 0.15) is 36.8 Å². The second-order valence-corrected chi connectivity index (χ2v) is 5.83. The second-order valence-electron chi connectivity index (χ2n) is 5.83. The zero-order chi connectivity index (χ0) is 13.3. The van der Waals surface area contributed by atoms with Gasteiger partial charge in [0.05, 0.1) is 5.41 Å². The van der Waals surface area contributed by atoms with Gasteiger partial charge in [-0.3, -0.25) is 4.79 Å². The number of hydrogen-bond acceptors (Lipinski definition) is 2. The quantitative estimate of drug-likeness (QED) is 0.909. The van der Waals surface area contributed by atoms with E-state index in [9.17, 15) is 9.90 Å². The molecule has 0 bridgehead atoms. The monoisotopic (exact) mass is 260 g/mol. The van der Waals surface area contributed by atoms with Crippen molar-refractivity contribution in [1.29, 1.82) is 0 Å². The molecule has 1 aromatic rings. The normalized spacial score (nSPS) is 30.0. The molecule has 0 amide bonds. The Morgan fingerprint density at radius 2 is 2.26 bits per heavy atom. The fourth-order valence-electron chi connectivity index (χ4n) is 3.68. The lowest BCUT2D eigenvalue weighted by atomic mass is 9.65. The number of hydrogen-bond donors (Lipinski definition) is 1. The molecule has 0 aromatic heterocycles. The summed E-state index contributed by atoms with van der Waals surface area (Å²) in [6, 6.07) is 8.07. The molecule has 1 fully saturated rings. The highest BCUT2D eigenvalue weighted by Crippen LogP contribution is 2.43. The van der Waals surface area contributed by atoms with E-state index >= 15 is 0 Å². The fraction of sp³-hybridized carbons (Fsp3) is 0.562. The number of aliphatic carboxylic acids is 1. The van der Waals surface area contributed by atoms with E-state index in [2.05, 4.69) is 6.07 Å². The highest BCUT2D eigenvalue weighted by atomic mass is 16.5. The SMILES string of the molecule is O=C(O)C1(CC2CCOC2)CCCc2ccccc21. The predicted molar refractivity (Wildman–Crippen MR) is 72.2 cm³/mol. The molecule has 1 aliphatic heterocycles. The summed E-state index contributed by atoms with van der Waals surface area (Å²) in [5.41, 5.74) is 1.57. The molecule has 1 N–H and O–H groups in total. The summed E-state index contributed by atoms with van der Waals surface area (Å²) in [5, 5.41) is 9.86. The van der Waals surface area contributed by atoms with E-state index in [0.717, 1.165) is 50.9 Å². The zero-order valence-electron chi connectivity index (χ0n) is 11.1. The first-order chi connectivity index (χ1) is 9.22. The van der Waals surface area contributed by atoms with Crippen LogP contribution in [-0.4, -0.2) is 24.3 Å². The van der Waals surface area contributed by atoms with E-state index in [4.69, 9.17) is 4.74 Å². The number of rotatable bonds is 3. The third-order valence-electron chi connectivity index (χ3n) is 4.65. The van der Waals surface area contributed by atoms with Crippen LogP contribution in [0.2, 0.25) is 0 Å². The van der Waals surface area contributed by atoms with Gasteiger partial charge in [0, 0.05) is 13.2 Å². The molecule has 19 heavy (non-hydrogen) atoms. The van der Waals surface area contributed by atoms with E-state index in [1.165, 1.54) is 5.56 Å². The van der Waals surface area contributed by atoms with Crippen molar-refractivity contribution < 1.29 is 14.6 Å². The predicted octanol–water partition coefficient (Wildman–Crippen LogP) is 2.77. The number of carboxylic acid groups (broad SMARTS) is 1. The van der Waals surface area contributed by atoms with Gasteiger partial charge in [-0.1, -0.05) is 24.3 Å². The molecule has 0 saturated carbocycles. The highest BCUT2D eigenvalue weighted by molar-refractivity contribution is 5.82. The first-order valence-electron chi connectivity index (χ1n) is 7.12. The Kier molecular flexibility index (Phi) is 3.31. The molecule has 2 unspecified atom stereocenters. The number of benzene rings is 1. The zero-order valence-corrected chi connectivity index (χ0v) is 11.1. The molecule has 102 valence electrons. The molecule has 1 saturated heterocycles. The van der Waals surface area contributed by atoms with Gasteiger partial charge in [-0.15, -0.1) is 0 Å². The smallest absolute Gasteiger partial charge is 0.314 e. The maximum absolute atomic E-state index is 12.0. The van der Waals surface area contributed by atoms with E-state index in [0.29, 0.717) is 5.92 Å². The van der Waals surface area contributed by atoms with E-state index in [-0.39, 0.29) is 0 Å². The highest BCUT2D eigenvalue weighted by Gasteiger charge is 2.45. The molecule has 1 heterocycles. The van der Waals surface area contributed by atoms with E-state index < -0.39 is 11.4 Å². The summed E-state index contributed by atoms with van der Waals surface area (Å²) in [5.74, 6) is -0.270. The summed E-state index contributed by atoms with van der Waals surface area (Å²) in [4.78, 5) is 12.0. The van der Waals surface area contributed by atoms with Crippen LogP contribution in [-0.2, 0) is 21.4 Å². The van der Waals surface area contributed by atoms with Gasteiger partial charge in [-0.2, -0.15) is 0 Å². The maximum atomic E-state index is 12.0. The minimum atomic E-state index is -0.687. The van der Waals surface area contributed by atoms with E-state index in [1.807, 2.05) is 18.2 Å². The summed E-state index contributed by atoms with van der Waals surface area (Å²) < 4.78 is 5.42. The van der Waals surface area contributed by atoms with Gasteiger partial charge in [0.25, 0.3) is 0 Å². The molecule has 3 heteroatoms. The van der Waals surface area contributed by atoms with E-state index in [1.54, 1.807) is 0 Å². The summed E-state index contributed by atoms with van der Waals surface area (Å²) in [6.07, 6.45) is 4.45. The Bertz CT molecular complexity index is 477. The number of carbonyl (C=O) groups is 1. The Balaban J connectivity index is 1.99. The standard InChI is InChI=1S/C16H20O3/c17-15(18)16(10-12-7-9-19-11-12)8-3-5-13-4-1-2-6-14(13)16/h1-2,4,6,12H,3,5,7-11H2,(H,17,18). The molecule has 1 aliphatic carbocycles. The van der Waals surface area contributed by atoms with Crippen LogP contribution in [0, 0.1) is 5.92 Å². The lowest BCUT2D eigenvalue weighted by Crippen LogP contribution is -2.41. The topological polar surface area (TPSA) is 46.5 Å². The molecule has 2 atom stereocenters.